The zero-order chi connectivity index (χ0) is 14.5. The van der Waals surface area contributed by atoms with Crippen LogP contribution in [0.5, 0.6) is 0 Å². The molecule has 1 N–H and O–H groups in total. The van der Waals surface area contributed by atoms with E-state index in [1.807, 2.05) is 4.68 Å². The predicted molar refractivity (Wildman–Crippen MR) is 85.6 cm³/mol. The van der Waals surface area contributed by atoms with Gasteiger partial charge in [-0.3, -0.25) is 0 Å². The lowest BCUT2D eigenvalue weighted by Crippen LogP contribution is -2.08. The van der Waals surface area contributed by atoms with Gasteiger partial charge in [0, 0.05) is 12.6 Å². The molecule has 1 aromatic heterocycles. The summed E-state index contributed by atoms with van der Waals surface area (Å²) in [4.78, 5) is 0. The van der Waals surface area contributed by atoms with Crippen LogP contribution >= 0.6 is 0 Å². The molecule has 0 amide bonds. The van der Waals surface area contributed by atoms with Gasteiger partial charge in [-0.15, -0.1) is 0 Å². The van der Waals surface area contributed by atoms with Gasteiger partial charge in [0.15, 0.2) is 0 Å². The van der Waals surface area contributed by atoms with Gasteiger partial charge in [0.05, 0.1) is 11.4 Å². The third-order valence-corrected chi connectivity index (χ3v) is 3.28. The highest BCUT2D eigenvalue weighted by molar-refractivity contribution is 5.49. The monoisotopic (exact) mass is 271 g/mol. The summed E-state index contributed by atoms with van der Waals surface area (Å²) in [6.45, 7) is 9.73. The number of para-hydroxylation sites is 1. The highest BCUT2D eigenvalue weighted by Gasteiger charge is 2.11. The third-order valence-electron chi connectivity index (χ3n) is 3.28. The number of benzene rings is 1. The standard InChI is InChI=1S/C17H25N3/c1-5-10-18-17-12-15(11-13(2)3)19-20(17)16-9-7-6-8-14(16)4/h6-9,12-13,18H,5,10-11H2,1-4H3. The summed E-state index contributed by atoms with van der Waals surface area (Å²) in [5.41, 5.74) is 3.55. The largest absolute Gasteiger partial charge is 0.370 e. The summed E-state index contributed by atoms with van der Waals surface area (Å²) in [7, 11) is 0. The number of aryl methyl sites for hydroxylation is 1. The first-order valence-electron chi connectivity index (χ1n) is 7.50. The van der Waals surface area contributed by atoms with Gasteiger partial charge in [-0.05, 0) is 37.3 Å². The van der Waals surface area contributed by atoms with E-state index in [2.05, 4.69) is 63.3 Å². The molecule has 0 atom stereocenters. The van der Waals surface area contributed by atoms with Crippen molar-refractivity contribution in [2.24, 2.45) is 5.92 Å². The maximum absolute atomic E-state index is 4.79. The van der Waals surface area contributed by atoms with E-state index in [0.29, 0.717) is 5.92 Å². The van der Waals surface area contributed by atoms with Gasteiger partial charge in [-0.1, -0.05) is 39.0 Å². The maximum Gasteiger partial charge on any atom is 0.130 e. The minimum Gasteiger partial charge on any atom is -0.370 e. The molecule has 0 aliphatic rings. The molecule has 20 heavy (non-hydrogen) atoms. The molecule has 0 spiro atoms. The Balaban J connectivity index is 2.38. The number of anilines is 1. The lowest BCUT2D eigenvalue weighted by molar-refractivity contribution is 0.628. The molecule has 3 nitrogen and oxygen atoms in total. The van der Waals surface area contributed by atoms with Gasteiger partial charge in [0.25, 0.3) is 0 Å². The van der Waals surface area contributed by atoms with Gasteiger partial charge in [0.2, 0.25) is 0 Å². The van der Waals surface area contributed by atoms with Gasteiger partial charge < -0.3 is 5.32 Å². The summed E-state index contributed by atoms with van der Waals surface area (Å²) in [6.07, 6.45) is 2.12. The predicted octanol–water partition coefficient (Wildman–Crippen LogP) is 4.20. The molecular weight excluding hydrogens is 246 g/mol. The first-order chi connectivity index (χ1) is 9.61. The van der Waals surface area contributed by atoms with Crippen LogP contribution in [0.25, 0.3) is 5.69 Å². The second kappa shape index (κ2) is 6.60. The molecule has 108 valence electrons. The normalized spacial score (nSPS) is 11.1. The van der Waals surface area contributed by atoms with E-state index >= 15 is 0 Å². The molecule has 2 rings (SSSR count). The van der Waals surface area contributed by atoms with E-state index < -0.39 is 0 Å². The first kappa shape index (κ1) is 14.6. The Bertz CT molecular complexity index is 555. The Hall–Kier alpha value is -1.77. The average Bonchev–Trinajstić information content (AvgIpc) is 2.78. The minimum atomic E-state index is 0.620. The van der Waals surface area contributed by atoms with Crippen molar-refractivity contribution in [1.29, 1.82) is 0 Å². The number of aromatic nitrogens is 2. The van der Waals surface area contributed by atoms with Gasteiger partial charge >= 0.3 is 0 Å². The van der Waals surface area contributed by atoms with E-state index in [1.165, 1.54) is 5.56 Å². The van der Waals surface area contributed by atoms with Crippen LogP contribution in [0.1, 0.15) is 38.4 Å². The molecular formula is C17H25N3. The van der Waals surface area contributed by atoms with E-state index in [4.69, 9.17) is 5.10 Å². The van der Waals surface area contributed by atoms with Crippen molar-refractivity contribution in [2.75, 3.05) is 11.9 Å². The maximum atomic E-state index is 4.79. The van der Waals surface area contributed by atoms with Crippen molar-refractivity contribution in [3.63, 3.8) is 0 Å². The number of nitrogens with one attached hydrogen (secondary N) is 1. The summed E-state index contributed by atoms with van der Waals surface area (Å²) < 4.78 is 2.04. The zero-order valence-corrected chi connectivity index (χ0v) is 13.0. The first-order valence-corrected chi connectivity index (χ1v) is 7.50. The molecule has 3 heteroatoms. The van der Waals surface area contributed by atoms with Crippen LogP contribution in [0, 0.1) is 12.8 Å². The van der Waals surface area contributed by atoms with Crippen molar-refractivity contribution in [3.8, 4) is 5.69 Å². The summed E-state index contributed by atoms with van der Waals surface area (Å²) in [5.74, 6) is 1.71. The number of rotatable bonds is 6. The van der Waals surface area contributed by atoms with Gasteiger partial charge in [0.1, 0.15) is 5.82 Å². The van der Waals surface area contributed by atoms with E-state index in [0.717, 1.165) is 36.6 Å². The molecule has 0 unspecified atom stereocenters. The quantitative estimate of drug-likeness (QED) is 0.853. The highest BCUT2D eigenvalue weighted by Crippen LogP contribution is 2.21. The van der Waals surface area contributed by atoms with E-state index in [-0.39, 0.29) is 0 Å². The van der Waals surface area contributed by atoms with Crippen LogP contribution in [0.15, 0.2) is 30.3 Å². The highest BCUT2D eigenvalue weighted by atomic mass is 15.3. The summed E-state index contributed by atoms with van der Waals surface area (Å²) in [6, 6.07) is 10.6. The van der Waals surface area contributed by atoms with Crippen LogP contribution in [-0.2, 0) is 6.42 Å². The SMILES string of the molecule is CCCNc1cc(CC(C)C)nn1-c1ccccc1C. The zero-order valence-electron chi connectivity index (χ0n) is 13.0. The fourth-order valence-electron chi connectivity index (χ4n) is 2.31. The minimum absolute atomic E-state index is 0.620. The molecule has 1 aromatic carbocycles. The lowest BCUT2D eigenvalue weighted by atomic mass is 10.1. The number of nitrogens with zero attached hydrogens (tertiary/aromatic N) is 2. The fraction of sp³-hybridized carbons (Fsp3) is 0.471. The van der Waals surface area contributed by atoms with Crippen molar-refractivity contribution in [3.05, 3.63) is 41.6 Å². The average molecular weight is 271 g/mol. The summed E-state index contributed by atoms with van der Waals surface area (Å²) >= 11 is 0. The van der Waals surface area contributed by atoms with Crippen molar-refractivity contribution < 1.29 is 0 Å². The molecule has 0 bridgehead atoms. The summed E-state index contributed by atoms with van der Waals surface area (Å²) in [5, 5.41) is 8.27. The lowest BCUT2D eigenvalue weighted by Gasteiger charge is -2.11. The fourth-order valence-corrected chi connectivity index (χ4v) is 2.31. The molecule has 0 aliphatic carbocycles. The van der Waals surface area contributed by atoms with E-state index in [9.17, 15) is 0 Å². The third kappa shape index (κ3) is 3.41. The van der Waals surface area contributed by atoms with Crippen LogP contribution < -0.4 is 5.32 Å². The van der Waals surface area contributed by atoms with E-state index in [1.54, 1.807) is 0 Å². The van der Waals surface area contributed by atoms with Crippen molar-refractivity contribution >= 4 is 5.82 Å². The van der Waals surface area contributed by atoms with Gasteiger partial charge in [-0.2, -0.15) is 5.10 Å². The van der Waals surface area contributed by atoms with Crippen LogP contribution in [0.3, 0.4) is 0 Å². The number of hydrogen-bond donors (Lipinski definition) is 1. The van der Waals surface area contributed by atoms with Crippen molar-refractivity contribution in [1.82, 2.24) is 9.78 Å². The smallest absolute Gasteiger partial charge is 0.130 e. The molecule has 0 saturated heterocycles. The molecule has 0 radical (unpaired) electrons. The molecule has 2 aromatic rings. The second-order valence-electron chi connectivity index (χ2n) is 5.74. The topological polar surface area (TPSA) is 29.9 Å². The Morgan fingerprint density at radius 3 is 2.65 bits per heavy atom. The van der Waals surface area contributed by atoms with Crippen LogP contribution in [0.4, 0.5) is 5.82 Å². The molecule has 0 fully saturated rings. The Kier molecular flexibility index (Phi) is 4.83. The second-order valence-corrected chi connectivity index (χ2v) is 5.74. The van der Waals surface area contributed by atoms with Crippen molar-refractivity contribution in [2.45, 2.75) is 40.5 Å². The Morgan fingerprint density at radius 2 is 2.00 bits per heavy atom. The van der Waals surface area contributed by atoms with Gasteiger partial charge in [-0.25, -0.2) is 4.68 Å². The van der Waals surface area contributed by atoms with Crippen LogP contribution in [-0.4, -0.2) is 16.3 Å². The van der Waals surface area contributed by atoms with Crippen LogP contribution in [0.2, 0.25) is 0 Å². The molecule has 1 heterocycles. The Labute approximate surface area is 122 Å². The number of hydrogen-bond acceptors (Lipinski definition) is 2. The molecule has 0 aliphatic heterocycles. The molecule has 0 saturated carbocycles. The Morgan fingerprint density at radius 1 is 1.25 bits per heavy atom.